The lowest BCUT2D eigenvalue weighted by Gasteiger charge is -2.32. The molecule has 2 aromatic rings. The van der Waals surface area contributed by atoms with Crippen molar-refractivity contribution >= 4 is 27.3 Å². The number of guanidine groups is 1. The molecule has 0 amide bonds. The lowest BCUT2D eigenvalue weighted by molar-refractivity contribution is 0.222. The van der Waals surface area contributed by atoms with Crippen molar-refractivity contribution in [1.29, 1.82) is 0 Å². The van der Waals surface area contributed by atoms with Crippen molar-refractivity contribution < 1.29 is 8.42 Å². The molecule has 1 unspecified atom stereocenters. The Morgan fingerprint density at radius 3 is 2.53 bits per heavy atom. The van der Waals surface area contributed by atoms with Gasteiger partial charge in [0, 0.05) is 57.1 Å². The maximum atomic E-state index is 13.2. The number of sulfonamides is 1. The van der Waals surface area contributed by atoms with Gasteiger partial charge < -0.3 is 15.5 Å². The first-order chi connectivity index (χ1) is 14.4. The maximum Gasteiger partial charge on any atom is 0.243 e. The van der Waals surface area contributed by atoms with Gasteiger partial charge in [0.1, 0.15) is 0 Å². The molecule has 1 aliphatic heterocycles. The van der Waals surface area contributed by atoms with E-state index in [2.05, 4.69) is 45.0 Å². The van der Waals surface area contributed by atoms with Crippen LogP contribution in [-0.2, 0) is 16.6 Å². The first kappa shape index (κ1) is 22.7. The standard InChI is InChI=1S/C21H31N5O2S2/c1-17(19-8-6-14-29-19)15-23-21(22-2)24-16-18-7-4-5-9-20(18)30(27,28)26-12-10-25(3)11-13-26/h4-9,14,17H,10-13,15-16H2,1-3H3,(H2,22,23,24). The molecule has 164 valence electrons. The predicted octanol–water partition coefficient (Wildman–Crippen LogP) is 2.15. The van der Waals surface area contributed by atoms with E-state index >= 15 is 0 Å². The van der Waals surface area contributed by atoms with Crippen LogP contribution in [0.4, 0.5) is 0 Å². The van der Waals surface area contributed by atoms with Gasteiger partial charge in [-0.15, -0.1) is 11.3 Å². The lowest BCUT2D eigenvalue weighted by Crippen LogP contribution is -2.47. The summed E-state index contributed by atoms with van der Waals surface area (Å²) in [4.78, 5) is 8.11. The van der Waals surface area contributed by atoms with Crippen molar-refractivity contribution in [3.8, 4) is 0 Å². The Balaban J connectivity index is 1.64. The third-order valence-corrected chi connectivity index (χ3v) is 8.43. The van der Waals surface area contributed by atoms with E-state index in [1.807, 2.05) is 19.2 Å². The van der Waals surface area contributed by atoms with E-state index in [-0.39, 0.29) is 0 Å². The molecule has 1 aliphatic rings. The monoisotopic (exact) mass is 449 g/mol. The highest BCUT2D eigenvalue weighted by molar-refractivity contribution is 7.89. The fourth-order valence-electron chi connectivity index (χ4n) is 3.39. The maximum absolute atomic E-state index is 13.2. The Kier molecular flexibility index (Phi) is 7.87. The van der Waals surface area contributed by atoms with E-state index in [4.69, 9.17) is 0 Å². The van der Waals surface area contributed by atoms with E-state index in [1.165, 1.54) is 4.88 Å². The zero-order chi connectivity index (χ0) is 21.6. The molecule has 9 heteroatoms. The normalized spacial score (nSPS) is 17.6. The van der Waals surface area contributed by atoms with Gasteiger partial charge >= 0.3 is 0 Å². The second-order valence-corrected chi connectivity index (χ2v) is 10.4. The quantitative estimate of drug-likeness (QED) is 0.500. The van der Waals surface area contributed by atoms with Gasteiger partial charge in [-0.1, -0.05) is 31.2 Å². The van der Waals surface area contributed by atoms with Gasteiger partial charge in [0.05, 0.1) is 4.90 Å². The van der Waals surface area contributed by atoms with Crippen molar-refractivity contribution in [3.63, 3.8) is 0 Å². The number of rotatable bonds is 7. The molecule has 0 bridgehead atoms. The second kappa shape index (κ2) is 10.4. The van der Waals surface area contributed by atoms with E-state index in [0.717, 1.165) is 25.2 Å². The van der Waals surface area contributed by atoms with Gasteiger partial charge in [-0.05, 0) is 30.1 Å². The van der Waals surface area contributed by atoms with Gasteiger partial charge in [0.15, 0.2) is 5.96 Å². The van der Waals surface area contributed by atoms with Crippen molar-refractivity contribution in [3.05, 3.63) is 52.2 Å². The fraction of sp³-hybridized carbons (Fsp3) is 0.476. The molecule has 2 N–H and O–H groups in total. The Labute approximate surface area is 183 Å². The highest BCUT2D eigenvalue weighted by Gasteiger charge is 2.29. The molecule has 3 rings (SSSR count). The van der Waals surface area contributed by atoms with E-state index in [0.29, 0.717) is 36.4 Å². The lowest BCUT2D eigenvalue weighted by atomic mass is 10.1. The minimum atomic E-state index is -3.52. The Morgan fingerprint density at radius 2 is 1.87 bits per heavy atom. The molecule has 0 saturated carbocycles. The zero-order valence-corrected chi connectivity index (χ0v) is 19.5. The number of likely N-dealkylation sites (N-methyl/N-ethyl adjacent to an activating group) is 1. The van der Waals surface area contributed by atoms with Crippen LogP contribution in [0.3, 0.4) is 0 Å². The molecular formula is C21H31N5O2S2. The largest absolute Gasteiger partial charge is 0.356 e. The first-order valence-corrected chi connectivity index (χ1v) is 12.5. The molecule has 1 aromatic carbocycles. The predicted molar refractivity (Wildman–Crippen MR) is 124 cm³/mol. The number of hydrogen-bond acceptors (Lipinski definition) is 5. The molecule has 1 saturated heterocycles. The Hall–Kier alpha value is -1.94. The summed E-state index contributed by atoms with van der Waals surface area (Å²) in [6.45, 7) is 5.84. The summed E-state index contributed by atoms with van der Waals surface area (Å²) >= 11 is 1.74. The van der Waals surface area contributed by atoms with Crippen LogP contribution in [0, 0.1) is 0 Å². The minimum Gasteiger partial charge on any atom is -0.356 e. The molecule has 1 atom stereocenters. The SMILES string of the molecule is CN=C(NCc1ccccc1S(=O)(=O)N1CCN(C)CC1)NCC(C)c1cccs1. The average Bonchev–Trinajstić information content (AvgIpc) is 3.29. The second-order valence-electron chi connectivity index (χ2n) is 7.54. The Bertz CT molecular complexity index is 936. The number of piperazine rings is 1. The number of hydrogen-bond donors (Lipinski definition) is 2. The number of thiophene rings is 1. The van der Waals surface area contributed by atoms with Gasteiger partial charge in [-0.2, -0.15) is 4.31 Å². The fourth-order valence-corrected chi connectivity index (χ4v) is 5.82. The molecule has 1 fully saturated rings. The number of nitrogens with one attached hydrogen (secondary N) is 2. The smallest absolute Gasteiger partial charge is 0.243 e. The van der Waals surface area contributed by atoms with Crippen LogP contribution < -0.4 is 10.6 Å². The first-order valence-electron chi connectivity index (χ1n) is 10.2. The third kappa shape index (κ3) is 5.60. The van der Waals surface area contributed by atoms with Crippen LogP contribution in [0.5, 0.6) is 0 Å². The molecule has 0 aliphatic carbocycles. The van der Waals surface area contributed by atoms with Gasteiger partial charge in [-0.3, -0.25) is 4.99 Å². The Morgan fingerprint density at radius 1 is 1.13 bits per heavy atom. The number of nitrogens with zero attached hydrogens (tertiary/aromatic N) is 3. The summed E-state index contributed by atoms with van der Waals surface area (Å²) in [5.74, 6) is 1.03. The van der Waals surface area contributed by atoms with Crippen LogP contribution in [0.2, 0.25) is 0 Å². The summed E-state index contributed by atoms with van der Waals surface area (Å²) in [6.07, 6.45) is 0. The van der Waals surface area contributed by atoms with E-state index in [1.54, 1.807) is 34.8 Å². The van der Waals surface area contributed by atoms with Crippen molar-refractivity contribution in [2.24, 2.45) is 4.99 Å². The third-order valence-electron chi connectivity index (χ3n) is 5.33. The number of benzene rings is 1. The van der Waals surface area contributed by atoms with Crippen LogP contribution in [0.25, 0.3) is 0 Å². The van der Waals surface area contributed by atoms with Gasteiger partial charge in [0.25, 0.3) is 0 Å². The summed E-state index contributed by atoms with van der Waals surface area (Å²) in [6, 6.07) is 11.4. The highest BCUT2D eigenvalue weighted by Crippen LogP contribution is 2.22. The van der Waals surface area contributed by atoms with Crippen LogP contribution >= 0.6 is 11.3 Å². The average molecular weight is 450 g/mol. The van der Waals surface area contributed by atoms with E-state index in [9.17, 15) is 8.42 Å². The van der Waals surface area contributed by atoms with Gasteiger partial charge in [0.2, 0.25) is 10.0 Å². The number of aliphatic imine (C=N–C) groups is 1. The summed E-state index contributed by atoms with van der Waals surface area (Å²) in [5.41, 5.74) is 0.741. The van der Waals surface area contributed by atoms with Crippen molar-refractivity contribution in [2.75, 3.05) is 46.8 Å². The zero-order valence-electron chi connectivity index (χ0n) is 17.8. The molecule has 0 radical (unpaired) electrons. The summed E-state index contributed by atoms with van der Waals surface area (Å²) in [5, 5.41) is 8.67. The van der Waals surface area contributed by atoms with Crippen molar-refractivity contribution in [2.45, 2.75) is 24.3 Å². The molecule has 7 nitrogen and oxygen atoms in total. The minimum absolute atomic E-state index is 0.365. The molecule has 0 spiro atoms. The van der Waals surface area contributed by atoms with Crippen molar-refractivity contribution in [1.82, 2.24) is 19.8 Å². The van der Waals surface area contributed by atoms with Crippen LogP contribution in [-0.4, -0.2) is 70.4 Å². The molecule has 2 heterocycles. The van der Waals surface area contributed by atoms with E-state index < -0.39 is 10.0 Å². The van der Waals surface area contributed by atoms with Gasteiger partial charge in [-0.25, -0.2) is 8.42 Å². The summed E-state index contributed by atoms with van der Waals surface area (Å²) in [7, 11) is 0.216. The highest BCUT2D eigenvalue weighted by atomic mass is 32.2. The topological polar surface area (TPSA) is 77.0 Å². The van der Waals surface area contributed by atoms with Crippen LogP contribution in [0.1, 0.15) is 23.3 Å². The molecule has 1 aromatic heterocycles. The summed E-state index contributed by atoms with van der Waals surface area (Å²) < 4.78 is 28.0. The van der Waals surface area contributed by atoms with Crippen LogP contribution in [0.15, 0.2) is 51.7 Å². The molecular weight excluding hydrogens is 418 g/mol. The molecule has 30 heavy (non-hydrogen) atoms.